The van der Waals surface area contributed by atoms with Crippen LogP contribution in [0.2, 0.25) is 0 Å². The predicted molar refractivity (Wildman–Crippen MR) is 241 cm³/mol. The summed E-state index contributed by atoms with van der Waals surface area (Å²) in [6.07, 6.45) is 1.84. The molecule has 58 heavy (non-hydrogen) atoms. The zero-order valence-electron chi connectivity index (χ0n) is 31.3. The molecule has 6 heteroatoms. The van der Waals surface area contributed by atoms with Crippen LogP contribution in [0.15, 0.2) is 187 Å². The number of nitrogens with zero attached hydrogens (tertiary/aromatic N) is 5. The first kappa shape index (κ1) is 31.4. The molecule has 1 aliphatic rings. The fourth-order valence-corrected chi connectivity index (χ4v) is 9.88. The summed E-state index contributed by atoms with van der Waals surface area (Å²) in [7, 11) is 0. The van der Waals surface area contributed by atoms with Crippen LogP contribution in [-0.4, -0.2) is 24.6 Å². The number of hydrogen-bond donors (Lipinski definition) is 1. The van der Waals surface area contributed by atoms with Gasteiger partial charge in [-0.25, -0.2) is 4.99 Å². The number of aliphatic imine (C=N–C) groups is 1. The van der Waals surface area contributed by atoms with E-state index in [0.29, 0.717) is 6.54 Å². The average Bonchev–Trinajstić information content (AvgIpc) is 4.02. The summed E-state index contributed by atoms with van der Waals surface area (Å²) in [5, 5.41) is 12.2. The van der Waals surface area contributed by atoms with E-state index in [9.17, 15) is 0 Å². The summed E-state index contributed by atoms with van der Waals surface area (Å²) < 4.78 is 9.54. The van der Waals surface area contributed by atoms with Gasteiger partial charge in [0.05, 0.1) is 45.0 Å². The van der Waals surface area contributed by atoms with Crippen LogP contribution < -0.4 is 5.32 Å². The molecule has 5 heterocycles. The van der Waals surface area contributed by atoms with Crippen molar-refractivity contribution < 1.29 is 0 Å². The fourth-order valence-electron chi connectivity index (χ4n) is 9.88. The number of para-hydroxylation sites is 5. The summed E-state index contributed by atoms with van der Waals surface area (Å²) in [5.74, 6) is 0.962. The summed E-state index contributed by atoms with van der Waals surface area (Å²) in [5.41, 5.74) is 14.0. The third kappa shape index (κ3) is 4.23. The van der Waals surface area contributed by atoms with Gasteiger partial charge >= 0.3 is 0 Å². The maximum atomic E-state index is 5.02. The molecule has 0 saturated heterocycles. The molecule has 0 bridgehead atoms. The van der Waals surface area contributed by atoms with Crippen molar-refractivity contribution in [3.05, 3.63) is 188 Å². The lowest BCUT2D eigenvalue weighted by atomic mass is 10.1. The molecular weight excluding hydrogens is 709 g/mol. The molecule has 0 spiro atoms. The van der Waals surface area contributed by atoms with Gasteiger partial charge in [-0.1, -0.05) is 97.1 Å². The van der Waals surface area contributed by atoms with Crippen LogP contribution in [0.25, 0.3) is 99.1 Å². The maximum Gasteiger partial charge on any atom is 0.145 e. The van der Waals surface area contributed by atoms with Crippen molar-refractivity contribution in [1.82, 2.24) is 23.6 Å². The molecule has 0 atom stereocenters. The van der Waals surface area contributed by atoms with E-state index in [1.54, 1.807) is 0 Å². The van der Waals surface area contributed by atoms with Crippen molar-refractivity contribution in [2.75, 3.05) is 0 Å². The van der Waals surface area contributed by atoms with Gasteiger partial charge in [0.25, 0.3) is 0 Å². The van der Waals surface area contributed by atoms with Crippen LogP contribution in [-0.2, 0) is 6.54 Å². The molecule has 13 rings (SSSR count). The molecule has 12 aromatic rings. The fraction of sp³-hybridized carbons (Fsp3) is 0.0192. The lowest BCUT2D eigenvalue weighted by molar-refractivity contribution is 0.906. The zero-order valence-corrected chi connectivity index (χ0v) is 31.3. The number of benzene rings is 8. The van der Waals surface area contributed by atoms with Gasteiger partial charge in [-0.3, -0.25) is 4.57 Å². The number of fused-ring (bicyclic) bond motifs is 13. The summed E-state index contributed by atoms with van der Waals surface area (Å²) in [6.45, 7) is 0.690. The molecule has 0 amide bonds. The van der Waals surface area contributed by atoms with Crippen molar-refractivity contribution in [3.8, 4) is 22.7 Å². The van der Waals surface area contributed by atoms with E-state index in [4.69, 9.17) is 4.99 Å². The Labute approximate surface area is 332 Å². The molecule has 8 aromatic carbocycles. The quantitative estimate of drug-likeness (QED) is 0.192. The Balaban J connectivity index is 1.01. The third-order valence-electron chi connectivity index (χ3n) is 12.3. The van der Waals surface area contributed by atoms with E-state index >= 15 is 0 Å². The van der Waals surface area contributed by atoms with E-state index in [2.05, 4.69) is 206 Å². The SMILES string of the molecule is C1=Nc2c(c3c(ccc4c5ccccc5n(-c5ccc(-n6c7ccccc7c7ccccc76)cc5)c43)n2-c2ccc(-n3c4ccccc4c4ccccc43)cc2)CN1. The van der Waals surface area contributed by atoms with Crippen molar-refractivity contribution in [2.45, 2.75) is 6.54 Å². The smallest absolute Gasteiger partial charge is 0.145 e. The van der Waals surface area contributed by atoms with E-state index in [1.165, 1.54) is 76.4 Å². The van der Waals surface area contributed by atoms with Crippen LogP contribution in [0.3, 0.4) is 0 Å². The number of nitrogens with one attached hydrogen (secondary N) is 1. The van der Waals surface area contributed by atoms with Gasteiger partial charge in [-0.05, 0) is 84.9 Å². The lowest BCUT2D eigenvalue weighted by Crippen LogP contribution is -2.14. The van der Waals surface area contributed by atoms with Crippen molar-refractivity contribution >= 4 is 88.5 Å². The second-order valence-corrected chi connectivity index (χ2v) is 15.3. The van der Waals surface area contributed by atoms with Gasteiger partial charge in [-0.15, -0.1) is 0 Å². The van der Waals surface area contributed by atoms with Gasteiger partial charge in [-0.2, -0.15) is 0 Å². The minimum absolute atomic E-state index is 0.690. The van der Waals surface area contributed by atoms with E-state index in [-0.39, 0.29) is 0 Å². The highest BCUT2D eigenvalue weighted by Crippen LogP contribution is 2.44. The molecular formula is C52H34N6. The van der Waals surface area contributed by atoms with Crippen LogP contribution in [0, 0.1) is 0 Å². The third-order valence-corrected chi connectivity index (χ3v) is 12.3. The van der Waals surface area contributed by atoms with E-state index < -0.39 is 0 Å². The number of hydrogen-bond acceptors (Lipinski definition) is 2. The average molecular weight is 743 g/mol. The summed E-state index contributed by atoms with van der Waals surface area (Å²) in [4.78, 5) is 5.02. The molecule has 4 aromatic heterocycles. The maximum absolute atomic E-state index is 5.02. The van der Waals surface area contributed by atoms with Crippen LogP contribution >= 0.6 is 0 Å². The minimum Gasteiger partial charge on any atom is -0.372 e. The highest BCUT2D eigenvalue weighted by Gasteiger charge is 2.25. The molecule has 272 valence electrons. The first-order chi connectivity index (χ1) is 28.8. The molecule has 1 aliphatic heterocycles. The highest BCUT2D eigenvalue weighted by atomic mass is 15.1. The Hall–Kier alpha value is -7.83. The number of aromatic nitrogens is 4. The standard InChI is InChI=1S/C52H34N6/c1-6-16-44-37(11-1)38-12-2-7-17-45(38)55(44)33-21-25-35(26-22-33)57-48-20-10-5-15-41(48)42-29-30-49-50(51(42)57)43-31-53-32-54-52(43)58(49)36-27-23-34(24-28-36)56-46-18-8-3-13-39(46)40-14-4-9-19-47(40)56/h1-30,32H,31H2,(H,53,54). The molecule has 0 saturated carbocycles. The normalized spacial score (nSPS) is 12.8. The first-order valence-corrected chi connectivity index (χ1v) is 19.9. The topological polar surface area (TPSA) is 44.1 Å². The van der Waals surface area contributed by atoms with Gasteiger partial charge in [0, 0.05) is 72.6 Å². The van der Waals surface area contributed by atoms with Gasteiger partial charge in [0.1, 0.15) is 5.82 Å². The molecule has 0 unspecified atom stereocenters. The minimum atomic E-state index is 0.690. The Kier molecular flexibility index (Phi) is 6.41. The summed E-state index contributed by atoms with van der Waals surface area (Å²) in [6, 6.07) is 66.1. The second kappa shape index (κ2) is 11.8. The Morgan fingerprint density at radius 2 is 0.724 bits per heavy atom. The molecule has 0 fully saturated rings. The predicted octanol–water partition coefficient (Wildman–Crippen LogP) is 12.7. The number of rotatable bonds is 4. The van der Waals surface area contributed by atoms with Gasteiger partial charge in [0.15, 0.2) is 0 Å². The van der Waals surface area contributed by atoms with Crippen LogP contribution in [0.4, 0.5) is 5.82 Å². The molecule has 0 radical (unpaired) electrons. The van der Waals surface area contributed by atoms with Crippen molar-refractivity contribution in [3.63, 3.8) is 0 Å². The van der Waals surface area contributed by atoms with E-state index in [0.717, 1.165) is 34.1 Å². The molecule has 0 aliphatic carbocycles. The van der Waals surface area contributed by atoms with Gasteiger partial charge < -0.3 is 19.0 Å². The summed E-state index contributed by atoms with van der Waals surface area (Å²) >= 11 is 0. The van der Waals surface area contributed by atoms with Gasteiger partial charge in [0.2, 0.25) is 0 Å². The second-order valence-electron chi connectivity index (χ2n) is 15.3. The highest BCUT2D eigenvalue weighted by molar-refractivity contribution is 6.20. The Bertz CT molecular complexity index is 3560. The first-order valence-electron chi connectivity index (χ1n) is 19.9. The molecule has 6 nitrogen and oxygen atoms in total. The molecule has 1 N–H and O–H groups in total. The van der Waals surface area contributed by atoms with Crippen molar-refractivity contribution in [1.29, 1.82) is 0 Å². The zero-order chi connectivity index (χ0) is 37.9. The van der Waals surface area contributed by atoms with Crippen molar-refractivity contribution in [2.24, 2.45) is 4.99 Å². The Morgan fingerprint density at radius 3 is 1.19 bits per heavy atom. The monoisotopic (exact) mass is 742 g/mol. The van der Waals surface area contributed by atoms with Crippen LogP contribution in [0.1, 0.15) is 5.56 Å². The largest absolute Gasteiger partial charge is 0.372 e. The lowest BCUT2D eigenvalue weighted by Gasteiger charge is -2.13. The Morgan fingerprint density at radius 1 is 0.345 bits per heavy atom. The van der Waals surface area contributed by atoms with Crippen LogP contribution in [0.5, 0.6) is 0 Å². The van der Waals surface area contributed by atoms with E-state index in [1.807, 2.05) is 6.34 Å².